The zero-order valence-electron chi connectivity index (χ0n) is 15.2. The summed E-state index contributed by atoms with van der Waals surface area (Å²) in [4.78, 5) is 21.7. The van der Waals surface area contributed by atoms with Crippen LogP contribution in [0.2, 0.25) is 0 Å². The molecule has 2 aromatic heterocycles. The molecule has 1 amide bonds. The molecule has 0 unspecified atom stereocenters. The summed E-state index contributed by atoms with van der Waals surface area (Å²) in [5.74, 6) is -1.97. The number of anilines is 1. The molecule has 154 valence electrons. The molecule has 0 bridgehead atoms. The molecule has 0 fully saturated rings. The zero-order valence-corrected chi connectivity index (χ0v) is 16.0. The third-order valence-electron chi connectivity index (χ3n) is 4.13. The topological polar surface area (TPSA) is 91.6 Å². The predicted molar refractivity (Wildman–Crippen MR) is 103 cm³/mol. The van der Waals surface area contributed by atoms with Gasteiger partial charge in [-0.15, -0.1) is 11.3 Å². The number of alkyl halides is 3. The summed E-state index contributed by atoms with van der Waals surface area (Å²) in [7, 11) is 0. The van der Waals surface area contributed by atoms with E-state index in [4.69, 9.17) is 14.3 Å². The molecular formula is C19H17F3N2O4S. The Hall–Kier alpha value is -2.85. The van der Waals surface area contributed by atoms with Crippen LogP contribution in [0.5, 0.6) is 0 Å². The molecule has 29 heavy (non-hydrogen) atoms. The second-order valence-corrected chi connectivity index (χ2v) is 7.37. The number of furan rings is 1. The third kappa shape index (κ3) is 4.77. The van der Waals surface area contributed by atoms with Gasteiger partial charge in [0.15, 0.2) is 0 Å². The zero-order chi connectivity index (χ0) is 21.2. The van der Waals surface area contributed by atoms with Gasteiger partial charge in [-0.2, -0.15) is 13.2 Å². The first kappa shape index (κ1) is 20.9. The maximum atomic E-state index is 11.5. The van der Waals surface area contributed by atoms with E-state index in [-0.39, 0.29) is 5.91 Å². The number of carboxylic acids is 1. The highest BCUT2D eigenvalue weighted by atomic mass is 32.1. The Morgan fingerprint density at radius 2 is 1.97 bits per heavy atom. The third-order valence-corrected chi connectivity index (χ3v) is 5.28. The lowest BCUT2D eigenvalue weighted by molar-refractivity contribution is -0.192. The molecule has 1 aromatic carbocycles. The molecule has 1 aliphatic rings. The number of aliphatic carboxylic acids is 1. The predicted octanol–water partition coefficient (Wildman–Crippen LogP) is 4.40. The smallest absolute Gasteiger partial charge is 0.475 e. The molecule has 3 heterocycles. The number of benzene rings is 1. The molecule has 0 saturated carbocycles. The van der Waals surface area contributed by atoms with Gasteiger partial charge in [-0.05, 0) is 30.7 Å². The van der Waals surface area contributed by atoms with Crippen LogP contribution in [0, 0.1) is 0 Å². The van der Waals surface area contributed by atoms with Crippen LogP contribution in [0.3, 0.4) is 0 Å². The fourth-order valence-corrected chi connectivity index (χ4v) is 4.22. The second-order valence-electron chi connectivity index (χ2n) is 6.27. The summed E-state index contributed by atoms with van der Waals surface area (Å²) in [6.45, 7) is 3.35. The molecule has 3 N–H and O–H groups in total. The number of nitrogens with one attached hydrogen (secondary N) is 2. The van der Waals surface area contributed by atoms with E-state index in [0.29, 0.717) is 0 Å². The van der Waals surface area contributed by atoms with E-state index in [1.165, 1.54) is 10.4 Å². The normalized spacial score (nSPS) is 13.4. The number of halogens is 3. The molecule has 4 rings (SSSR count). The van der Waals surface area contributed by atoms with Crippen molar-refractivity contribution < 1.29 is 32.3 Å². The minimum absolute atomic E-state index is 0.0519. The minimum atomic E-state index is -5.08. The van der Waals surface area contributed by atoms with Crippen molar-refractivity contribution in [2.24, 2.45) is 0 Å². The van der Waals surface area contributed by atoms with Gasteiger partial charge in [-0.3, -0.25) is 4.79 Å². The lowest BCUT2D eigenvalue weighted by atomic mass is 10.0. The quantitative estimate of drug-likeness (QED) is 0.565. The maximum absolute atomic E-state index is 11.5. The van der Waals surface area contributed by atoms with Gasteiger partial charge in [0.25, 0.3) is 0 Å². The van der Waals surface area contributed by atoms with Gasteiger partial charge in [0.1, 0.15) is 16.3 Å². The van der Waals surface area contributed by atoms with Crippen molar-refractivity contribution in [3.8, 4) is 11.3 Å². The van der Waals surface area contributed by atoms with Crippen LogP contribution in [0.25, 0.3) is 22.3 Å². The highest BCUT2D eigenvalue weighted by molar-refractivity contribution is 7.17. The number of thiophene rings is 1. The highest BCUT2D eigenvalue weighted by Crippen LogP contribution is 2.43. The number of hydrogen-bond donors (Lipinski definition) is 3. The fourth-order valence-electron chi connectivity index (χ4n) is 2.95. The molecule has 0 radical (unpaired) electrons. The Morgan fingerprint density at radius 1 is 1.28 bits per heavy atom. The van der Waals surface area contributed by atoms with Crippen LogP contribution >= 0.6 is 11.3 Å². The first-order chi connectivity index (χ1) is 13.7. The summed E-state index contributed by atoms with van der Waals surface area (Å²) in [6, 6.07) is 10.0. The van der Waals surface area contributed by atoms with Crippen LogP contribution in [0.15, 0.2) is 34.7 Å². The van der Waals surface area contributed by atoms with E-state index in [9.17, 15) is 18.0 Å². The minimum Gasteiger partial charge on any atom is -0.475 e. The van der Waals surface area contributed by atoms with E-state index < -0.39 is 12.1 Å². The molecule has 10 heteroatoms. The number of rotatable bonds is 2. The number of carbonyl (C=O) groups excluding carboxylic acids is 1. The van der Waals surface area contributed by atoms with Crippen molar-refractivity contribution in [1.29, 1.82) is 0 Å². The standard InChI is InChI=1S/C17H16N2O2S.C2HF3O2/c1-10(20)19-17-16(12-6-7-18-9-15(12)22-17)14-8-11-4-2-3-5-13(11)21-14;3-2(4,5)1(6)7/h2-5,8,18H,6-7,9H2,1H3,(H,19,20);(H,6,7). The van der Waals surface area contributed by atoms with Gasteiger partial charge in [-0.1, -0.05) is 18.2 Å². The first-order valence-electron chi connectivity index (χ1n) is 8.58. The lowest BCUT2D eigenvalue weighted by Gasteiger charge is -2.13. The summed E-state index contributed by atoms with van der Waals surface area (Å²) >= 11 is 1.64. The van der Waals surface area contributed by atoms with Crippen LogP contribution in [0.4, 0.5) is 18.2 Å². The first-order valence-corrected chi connectivity index (χ1v) is 9.40. The van der Waals surface area contributed by atoms with Gasteiger partial charge in [0, 0.05) is 23.7 Å². The van der Waals surface area contributed by atoms with E-state index >= 15 is 0 Å². The Kier molecular flexibility index (Phi) is 5.94. The number of carboxylic acid groups (broad SMARTS) is 1. The fraction of sp³-hybridized carbons (Fsp3) is 0.263. The average molecular weight is 426 g/mol. The van der Waals surface area contributed by atoms with Crippen molar-refractivity contribution in [2.45, 2.75) is 26.1 Å². The van der Waals surface area contributed by atoms with Gasteiger partial charge < -0.3 is 20.2 Å². The molecule has 6 nitrogen and oxygen atoms in total. The number of hydrogen-bond acceptors (Lipinski definition) is 5. The average Bonchev–Trinajstić information content (AvgIpc) is 3.20. The van der Waals surface area contributed by atoms with Crippen LogP contribution < -0.4 is 10.6 Å². The molecule has 1 aliphatic heterocycles. The van der Waals surface area contributed by atoms with Crippen molar-refractivity contribution in [3.05, 3.63) is 40.8 Å². The van der Waals surface area contributed by atoms with Crippen LogP contribution in [-0.2, 0) is 22.6 Å². The monoisotopic (exact) mass is 426 g/mol. The molecule has 0 spiro atoms. The van der Waals surface area contributed by atoms with Crippen LogP contribution in [-0.4, -0.2) is 29.7 Å². The summed E-state index contributed by atoms with van der Waals surface area (Å²) in [6.07, 6.45) is -4.13. The van der Waals surface area contributed by atoms with E-state index in [0.717, 1.165) is 46.8 Å². The summed E-state index contributed by atoms with van der Waals surface area (Å²) in [5, 5.41) is 15.4. The Labute approximate surface area is 167 Å². The van der Waals surface area contributed by atoms with Crippen molar-refractivity contribution in [3.63, 3.8) is 0 Å². The Balaban J connectivity index is 0.000000298. The number of amides is 1. The maximum Gasteiger partial charge on any atom is 0.490 e. The van der Waals surface area contributed by atoms with Crippen molar-refractivity contribution in [2.75, 3.05) is 11.9 Å². The molecule has 3 aromatic rings. The van der Waals surface area contributed by atoms with Gasteiger partial charge >= 0.3 is 12.1 Å². The van der Waals surface area contributed by atoms with Crippen LogP contribution in [0.1, 0.15) is 17.4 Å². The molecule has 0 aliphatic carbocycles. The molecule has 0 saturated heterocycles. The van der Waals surface area contributed by atoms with Gasteiger partial charge in [0.05, 0.1) is 5.56 Å². The SMILES string of the molecule is CC(=O)Nc1sc2c(c1-c1cc3ccccc3o1)CCNC2.O=C(O)C(F)(F)F. The molecular weight excluding hydrogens is 409 g/mol. The molecule has 0 atom stereocenters. The summed E-state index contributed by atoms with van der Waals surface area (Å²) < 4.78 is 37.8. The van der Waals surface area contributed by atoms with Gasteiger partial charge in [0.2, 0.25) is 5.91 Å². The number of carbonyl (C=O) groups is 2. The summed E-state index contributed by atoms with van der Waals surface area (Å²) in [5.41, 5.74) is 3.22. The van der Waals surface area contributed by atoms with E-state index in [1.54, 1.807) is 18.3 Å². The second kappa shape index (κ2) is 8.26. The lowest BCUT2D eigenvalue weighted by Crippen LogP contribution is -2.22. The Morgan fingerprint density at radius 3 is 2.59 bits per heavy atom. The van der Waals surface area contributed by atoms with E-state index in [1.807, 2.05) is 24.3 Å². The van der Waals surface area contributed by atoms with Crippen molar-refractivity contribution in [1.82, 2.24) is 5.32 Å². The largest absolute Gasteiger partial charge is 0.490 e. The van der Waals surface area contributed by atoms with Crippen molar-refractivity contribution >= 4 is 39.2 Å². The number of para-hydroxylation sites is 1. The highest BCUT2D eigenvalue weighted by Gasteiger charge is 2.38. The Bertz CT molecular complexity index is 1020. The number of fused-ring (bicyclic) bond motifs is 2. The van der Waals surface area contributed by atoms with Gasteiger partial charge in [-0.25, -0.2) is 4.79 Å². The van der Waals surface area contributed by atoms with E-state index in [2.05, 4.69) is 16.7 Å².